The fraction of sp³-hybridized carbons (Fsp3) is 0.192. The van der Waals surface area contributed by atoms with Crippen LogP contribution >= 0.6 is 0 Å². The minimum atomic E-state index is -0.355. The van der Waals surface area contributed by atoms with E-state index in [4.69, 9.17) is 4.74 Å². The lowest BCUT2D eigenvalue weighted by Crippen LogP contribution is -2.36. The Balaban J connectivity index is 1.44. The second kappa shape index (κ2) is 9.26. The monoisotopic (exact) mass is 440 g/mol. The van der Waals surface area contributed by atoms with E-state index in [1.807, 2.05) is 54.6 Å². The topological polar surface area (TPSA) is 76.5 Å². The van der Waals surface area contributed by atoms with E-state index < -0.39 is 0 Å². The highest BCUT2D eigenvalue weighted by Crippen LogP contribution is 2.20. The molecule has 0 radical (unpaired) electrons. The maximum Gasteiger partial charge on any atom is 0.276 e. The Hall–Kier alpha value is -3.97. The van der Waals surface area contributed by atoms with Gasteiger partial charge < -0.3 is 15.0 Å². The second-order valence-corrected chi connectivity index (χ2v) is 7.94. The molecule has 3 aromatic carbocycles. The lowest BCUT2D eigenvalue weighted by atomic mass is 10.1. The first-order chi connectivity index (χ1) is 16.2. The predicted octanol–water partition coefficient (Wildman–Crippen LogP) is 3.53. The van der Waals surface area contributed by atoms with Crippen molar-refractivity contribution in [1.29, 1.82) is 0 Å². The Morgan fingerprint density at radius 2 is 1.55 bits per heavy atom. The van der Waals surface area contributed by atoms with Crippen molar-refractivity contribution >= 4 is 28.1 Å². The van der Waals surface area contributed by atoms with Crippen LogP contribution in [0.2, 0.25) is 0 Å². The Labute approximate surface area is 191 Å². The summed E-state index contributed by atoms with van der Waals surface area (Å²) in [7, 11) is 0. The van der Waals surface area contributed by atoms with Crippen LogP contribution in [0.25, 0.3) is 10.8 Å². The number of carbonyl (C=O) groups excluding carboxylic acids is 1. The summed E-state index contributed by atoms with van der Waals surface area (Å²) in [6.45, 7) is 3.43. The molecule has 0 unspecified atom stereocenters. The number of ether oxygens (including phenoxy) is 1. The molecule has 33 heavy (non-hydrogen) atoms. The Kier molecular flexibility index (Phi) is 5.87. The van der Waals surface area contributed by atoms with E-state index in [2.05, 4.69) is 15.3 Å². The minimum absolute atomic E-state index is 0.221. The smallest absolute Gasteiger partial charge is 0.276 e. The number of amides is 1. The van der Waals surface area contributed by atoms with Gasteiger partial charge in [0.1, 0.15) is 0 Å². The minimum Gasteiger partial charge on any atom is -0.378 e. The van der Waals surface area contributed by atoms with Crippen LogP contribution in [-0.2, 0) is 11.3 Å². The normalized spacial score (nSPS) is 13.8. The summed E-state index contributed by atoms with van der Waals surface area (Å²) in [5, 5.41) is 8.39. The largest absolute Gasteiger partial charge is 0.378 e. The summed E-state index contributed by atoms with van der Waals surface area (Å²) in [6, 6.07) is 24.4. The maximum absolute atomic E-state index is 13.2. The summed E-state index contributed by atoms with van der Waals surface area (Å²) in [5.41, 5.74) is 2.70. The van der Waals surface area contributed by atoms with Gasteiger partial charge in [0.25, 0.3) is 11.5 Å². The van der Waals surface area contributed by atoms with E-state index in [1.165, 1.54) is 4.68 Å². The average molecular weight is 441 g/mol. The highest BCUT2D eigenvalue weighted by molar-refractivity contribution is 6.11. The van der Waals surface area contributed by atoms with Gasteiger partial charge in [-0.05, 0) is 35.9 Å². The molecule has 0 saturated carbocycles. The van der Waals surface area contributed by atoms with Gasteiger partial charge >= 0.3 is 0 Å². The first-order valence-electron chi connectivity index (χ1n) is 11.0. The molecule has 166 valence electrons. The summed E-state index contributed by atoms with van der Waals surface area (Å²) < 4.78 is 6.76. The molecule has 0 bridgehead atoms. The van der Waals surface area contributed by atoms with E-state index in [9.17, 15) is 9.59 Å². The molecular formula is C26H24N4O3. The lowest BCUT2D eigenvalue weighted by molar-refractivity contribution is 0.102. The molecule has 1 aromatic heterocycles. The van der Waals surface area contributed by atoms with Gasteiger partial charge in [0.2, 0.25) is 0 Å². The number of benzene rings is 3. The number of hydrogen-bond donors (Lipinski definition) is 1. The quantitative estimate of drug-likeness (QED) is 0.514. The van der Waals surface area contributed by atoms with Gasteiger partial charge in [-0.3, -0.25) is 9.59 Å². The van der Waals surface area contributed by atoms with Crippen molar-refractivity contribution in [3.63, 3.8) is 0 Å². The summed E-state index contributed by atoms with van der Waals surface area (Å²) >= 11 is 0. The van der Waals surface area contributed by atoms with Gasteiger partial charge in [-0.15, -0.1) is 0 Å². The summed E-state index contributed by atoms with van der Waals surface area (Å²) in [4.78, 5) is 28.5. The van der Waals surface area contributed by atoms with E-state index in [0.717, 1.165) is 37.6 Å². The molecular weight excluding hydrogens is 416 g/mol. The lowest BCUT2D eigenvalue weighted by Gasteiger charge is -2.28. The van der Waals surface area contributed by atoms with Crippen molar-refractivity contribution in [3.05, 3.63) is 100 Å². The highest BCUT2D eigenvalue weighted by Gasteiger charge is 2.17. The molecule has 7 heteroatoms. The van der Waals surface area contributed by atoms with Crippen LogP contribution in [0.5, 0.6) is 0 Å². The molecule has 2 heterocycles. The molecule has 0 atom stereocenters. The SMILES string of the molecule is O=C(Nc1ccc(N2CCOCC2)cc1)c1nn(Cc2ccccc2)c(=O)c2ccccc12. The van der Waals surface area contributed by atoms with Crippen LogP contribution in [-0.4, -0.2) is 42.0 Å². The average Bonchev–Trinajstić information content (AvgIpc) is 2.87. The van der Waals surface area contributed by atoms with Gasteiger partial charge in [-0.2, -0.15) is 5.10 Å². The van der Waals surface area contributed by atoms with E-state index in [1.54, 1.807) is 24.3 Å². The first kappa shape index (κ1) is 20.9. The number of rotatable bonds is 5. The number of fused-ring (bicyclic) bond motifs is 1. The molecule has 1 saturated heterocycles. The number of morpholine rings is 1. The molecule has 1 fully saturated rings. The molecule has 0 aliphatic carbocycles. The van der Waals surface area contributed by atoms with Crippen molar-refractivity contribution < 1.29 is 9.53 Å². The van der Waals surface area contributed by atoms with E-state index in [-0.39, 0.29) is 17.2 Å². The standard InChI is InChI=1S/C26H24N4O3/c31-25(27-20-10-12-21(13-11-20)29-14-16-33-17-15-29)24-22-8-4-5-9-23(22)26(32)30(28-24)18-19-6-2-1-3-7-19/h1-13H,14-18H2,(H,27,31). The predicted molar refractivity (Wildman–Crippen MR) is 129 cm³/mol. The van der Waals surface area contributed by atoms with Crippen molar-refractivity contribution in [1.82, 2.24) is 9.78 Å². The fourth-order valence-corrected chi connectivity index (χ4v) is 4.03. The number of nitrogens with zero attached hydrogens (tertiary/aromatic N) is 3. The molecule has 1 aliphatic heterocycles. The van der Waals surface area contributed by atoms with Gasteiger partial charge in [-0.25, -0.2) is 4.68 Å². The zero-order valence-corrected chi connectivity index (χ0v) is 18.1. The van der Waals surface area contributed by atoms with Gasteiger partial charge in [0.05, 0.1) is 25.1 Å². The maximum atomic E-state index is 13.2. The number of anilines is 2. The van der Waals surface area contributed by atoms with E-state index in [0.29, 0.717) is 23.0 Å². The van der Waals surface area contributed by atoms with Gasteiger partial charge in [-0.1, -0.05) is 48.5 Å². The Morgan fingerprint density at radius 3 is 2.27 bits per heavy atom. The van der Waals surface area contributed by atoms with Crippen molar-refractivity contribution in [3.8, 4) is 0 Å². The van der Waals surface area contributed by atoms with Crippen molar-refractivity contribution in [2.75, 3.05) is 36.5 Å². The zero-order valence-electron chi connectivity index (χ0n) is 18.1. The number of carbonyl (C=O) groups is 1. The molecule has 1 N–H and O–H groups in total. The molecule has 4 aromatic rings. The number of aromatic nitrogens is 2. The van der Waals surface area contributed by atoms with Crippen LogP contribution in [0.1, 0.15) is 16.1 Å². The summed E-state index contributed by atoms with van der Waals surface area (Å²) in [5.74, 6) is -0.355. The molecule has 1 aliphatic rings. The van der Waals surface area contributed by atoms with E-state index >= 15 is 0 Å². The van der Waals surface area contributed by atoms with Crippen LogP contribution in [0.15, 0.2) is 83.7 Å². The Bertz CT molecular complexity index is 1330. The third kappa shape index (κ3) is 4.49. The molecule has 7 nitrogen and oxygen atoms in total. The molecule has 1 amide bonds. The first-order valence-corrected chi connectivity index (χ1v) is 11.0. The number of nitrogens with one attached hydrogen (secondary N) is 1. The fourth-order valence-electron chi connectivity index (χ4n) is 4.03. The van der Waals surface area contributed by atoms with Crippen LogP contribution in [0.3, 0.4) is 0 Å². The molecule has 5 rings (SSSR count). The van der Waals surface area contributed by atoms with Gasteiger partial charge in [0.15, 0.2) is 5.69 Å². The Morgan fingerprint density at radius 1 is 0.879 bits per heavy atom. The van der Waals surface area contributed by atoms with Crippen LogP contribution in [0.4, 0.5) is 11.4 Å². The molecule has 0 spiro atoms. The zero-order chi connectivity index (χ0) is 22.6. The summed E-state index contributed by atoms with van der Waals surface area (Å²) in [6.07, 6.45) is 0. The van der Waals surface area contributed by atoms with Crippen LogP contribution < -0.4 is 15.8 Å². The highest BCUT2D eigenvalue weighted by atomic mass is 16.5. The third-order valence-electron chi connectivity index (χ3n) is 5.76. The number of hydrogen-bond acceptors (Lipinski definition) is 5. The second-order valence-electron chi connectivity index (χ2n) is 7.94. The van der Waals surface area contributed by atoms with Crippen molar-refractivity contribution in [2.45, 2.75) is 6.54 Å². The van der Waals surface area contributed by atoms with Crippen LogP contribution in [0, 0.1) is 0 Å². The van der Waals surface area contributed by atoms with Gasteiger partial charge in [0, 0.05) is 29.9 Å². The third-order valence-corrected chi connectivity index (χ3v) is 5.76. The van der Waals surface area contributed by atoms with Crippen molar-refractivity contribution in [2.24, 2.45) is 0 Å².